The first kappa shape index (κ1) is 29.8. The van der Waals surface area contributed by atoms with Gasteiger partial charge in [-0.25, -0.2) is 9.18 Å². The Bertz CT molecular complexity index is 960. The predicted molar refractivity (Wildman–Crippen MR) is 153 cm³/mol. The minimum absolute atomic E-state index is 0.144. The van der Waals surface area contributed by atoms with Gasteiger partial charge in [0.25, 0.3) is 0 Å². The zero-order valence-corrected chi connectivity index (χ0v) is 24.9. The summed E-state index contributed by atoms with van der Waals surface area (Å²) < 4.78 is 18.1. The Kier molecular flexibility index (Phi) is 9.30. The molecule has 2 amide bonds. The van der Waals surface area contributed by atoms with E-state index in [1.54, 1.807) is 12.1 Å². The zero-order valence-electron chi connectivity index (χ0n) is 24.9. The van der Waals surface area contributed by atoms with E-state index in [9.17, 15) is 14.0 Å². The molecule has 3 heterocycles. The molecule has 39 heavy (non-hydrogen) atoms. The summed E-state index contributed by atoms with van der Waals surface area (Å²) in [6, 6.07) is 6.97. The van der Waals surface area contributed by atoms with Crippen molar-refractivity contribution in [1.82, 2.24) is 14.7 Å². The summed E-state index contributed by atoms with van der Waals surface area (Å²) in [4.78, 5) is 29.7. The number of carbonyl (C=O) groups excluding carboxylic acids is 2. The van der Waals surface area contributed by atoms with Crippen molar-refractivity contribution in [3.8, 4) is 0 Å². The van der Waals surface area contributed by atoms with Gasteiger partial charge in [-0.2, -0.15) is 0 Å². The van der Waals surface area contributed by atoms with Crippen LogP contribution in [0.15, 0.2) is 24.3 Å². The first-order chi connectivity index (χ1) is 18.4. The van der Waals surface area contributed by atoms with Gasteiger partial charge in [-0.15, -0.1) is 0 Å². The number of likely N-dealkylation sites (tertiary alicyclic amines) is 2. The Hall–Kier alpha value is -2.15. The molecule has 1 saturated carbocycles. The van der Waals surface area contributed by atoms with Crippen LogP contribution in [0, 0.1) is 17.2 Å². The number of carbonyl (C=O) groups is 2. The molecule has 0 aromatic heterocycles. The number of ether oxygens (including phenoxy) is 1. The number of halogens is 1. The van der Waals surface area contributed by atoms with Crippen molar-refractivity contribution in [1.29, 1.82) is 0 Å². The number of rotatable bonds is 5. The molecule has 3 aliphatic heterocycles. The van der Waals surface area contributed by atoms with Gasteiger partial charge >= 0.3 is 6.09 Å². The molecule has 5 rings (SSSR count). The molecule has 0 bridgehead atoms. The van der Waals surface area contributed by atoms with Gasteiger partial charge in [0.1, 0.15) is 12.4 Å². The van der Waals surface area contributed by atoms with Crippen LogP contribution in [-0.4, -0.2) is 77.6 Å². The lowest BCUT2D eigenvalue weighted by Crippen LogP contribution is -2.54. The highest BCUT2D eigenvalue weighted by Crippen LogP contribution is 2.47. The van der Waals surface area contributed by atoms with Crippen molar-refractivity contribution in [2.45, 2.75) is 103 Å². The molecular formula is C32H50FN3O3. The minimum atomic E-state index is -0.222. The average molecular weight is 544 g/mol. The zero-order chi connectivity index (χ0) is 28.3. The smallest absolute Gasteiger partial charge is 0.410 e. The minimum Gasteiger partial charge on any atom is -0.447 e. The lowest BCUT2D eigenvalue weighted by Gasteiger charge is -2.50. The quantitative estimate of drug-likeness (QED) is 0.401. The van der Waals surface area contributed by atoms with Gasteiger partial charge in [0.05, 0.1) is 5.54 Å². The molecule has 1 aromatic rings. The summed E-state index contributed by atoms with van der Waals surface area (Å²) in [6.45, 7) is 16.1. The molecule has 1 aliphatic carbocycles. The topological polar surface area (TPSA) is 53.1 Å². The van der Waals surface area contributed by atoms with Crippen LogP contribution in [0.5, 0.6) is 0 Å². The van der Waals surface area contributed by atoms with Crippen molar-refractivity contribution in [2.75, 3.05) is 39.3 Å². The average Bonchev–Trinajstić information content (AvgIpc) is 3.52. The fraction of sp³-hybridized carbons (Fsp3) is 0.750. The third kappa shape index (κ3) is 7.14. The Morgan fingerprint density at radius 2 is 1.64 bits per heavy atom. The molecular weight excluding hydrogens is 493 g/mol. The van der Waals surface area contributed by atoms with Gasteiger partial charge in [0, 0.05) is 31.7 Å². The molecule has 0 unspecified atom stereocenters. The molecule has 1 aromatic carbocycles. The van der Waals surface area contributed by atoms with Crippen LogP contribution in [-0.2, 0) is 9.53 Å². The summed E-state index contributed by atoms with van der Waals surface area (Å²) in [5.41, 5.74) is 1.45. The van der Waals surface area contributed by atoms with Crippen LogP contribution < -0.4 is 0 Å². The number of cyclic esters (lactones) is 1. The third-order valence-electron chi connectivity index (χ3n) is 9.87. The van der Waals surface area contributed by atoms with Crippen LogP contribution in [0.2, 0.25) is 0 Å². The number of amides is 2. The Morgan fingerprint density at radius 3 is 2.15 bits per heavy atom. The first-order valence-corrected chi connectivity index (χ1v) is 15.1. The molecule has 7 heteroatoms. The van der Waals surface area contributed by atoms with Crippen LogP contribution in [0.1, 0.15) is 97.5 Å². The summed E-state index contributed by atoms with van der Waals surface area (Å²) >= 11 is 0. The highest BCUT2D eigenvalue weighted by atomic mass is 19.1. The molecule has 4 fully saturated rings. The van der Waals surface area contributed by atoms with Gasteiger partial charge in [-0.1, -0.05) is 31.4 Å². The van der Waals surface area contributed by atoms with Crippen LogP contribution >= 0.6 is 0 Å². The third-order valence-corrected chi connectivity index (χ3v) is 9.87. The molecule has 0 N–H and O–H groups in total. The fourth-order valence-corrected chi connectivity index (χ4v) is 7.10. The van der Waals surface area contributed by atoms with Crippen LogP contribution in [0.4, 0.5) is 9.18 Å². The first-order valence-electron chi connectivity index (χ1n) is 15.1. The van der Waals surface area contributed by atoms with Gasteiger partial charge in [-0.3, -0.25) is 14.6 Å². The second-order valence-corrected chi connectivity index (χ2v) is 13.9. The summed E-state index contributed by atoms with van der Waals surface area (Å²) in [6.07, 6.45) is 10.5. The fourth-order valence-electron chi connectivity index (χ4n) is 7.10. The van der Waals surface area contributed by atoms with E-state index in [0.29, 0.717) is 18.4 Å². The van der Waals surface area contributed by atoms with E-state index in [1.165, 1.54) is 44.1 Å². The highest BCUT2D eigenvalue weighted by Gasteiger charge is 2.49. The molecule has 0 spiro atoms. The van der Waals surface area contributed by atoms with E-state index < -0.39 is 0 Å². The van der Waals surface area contributed by atoms with Crippen molar-refractivity contribution in [3.05, 3.63) is 35.6 Å². The lowest BCUT2D eigenvalue weighted by molar-refractivity contribution is -0.121. The number of nitrogens with zero attached hydrogens (tertiary/aromatic N) is 3. The largest absolute Gasteiger partial charge is 0.447 e. The van der Waals surface area contributed by atoms with E-state index in [-0.39, 0.29) is 28.4 Å². The normalized spacial score (nSPS) is 25.7. The van der Waals surface area contributed by atoms with Crippen LogP contribution in [0.25, 0.3) is 0 Å². The van der Waals surface area contributed by atoms with E-state index >= 15 is 0 Å². The second kappa shape index (κ2) is 12.2. The van der Waals surface area contributed by atoms with Gasteiger partial charge < -0.3 is 9.64 Å². The Labute approximate surface area is 235 Å². The van der Waals surface area contributed by atoms with Crippen molar-refractivity contribution >= 4 is 12.5 Å². The highest BCUT2D eigenvalue weighted by molar-refractivity contribution is 5.71. The van der Waals surface area contributed by atoms with Crippen molar-refractivity contribution < 1.29 is 18.7 Å². The van der Waals surface area contributed by atoms with Gasteiger partial charge in [0.15, 0.2) is 0 Å². The molecule has 0 radical (unpaired) electrons. The molecule has 1 atom stereocenters. The second-order valence-electron chi connectivity index (χ2n) is 13.9. The molecule has 218 valence electrons. The number of hydrogen-bond acceptors (Lipinski definition) is 4. The van der Waals surface area contributed by atoms with E-state index in [1.807, 2.05) is 21.9 Å². The van der Waals surface area contributed by atoms with Crippen molar-refractivity contribution in [2.24, 2.45) is 11.3 Å². The number of piperidine rings is 1. The van der Waals surface area contributed by atoms with Crippen LogP contribution in [0.3, 0.4) is 0 Å². The van der Waals surface area contributed by atoms with E-state index in [2.05, 4.69) is 39.5 Å². The Morgan fingerprint density at radius 1 is 1.00 bits per heavy atom. The monoisotopic (exact) mass is 543 g/mol. The Balaban J connectivity index is 0.000000193. The number of benzene rings is 1. The number of hydrogen-bond donors (Lipinski definition) is 0. The maximum Gasteiger partial charge on any atom is 0.410 e. The molecule has 6 nitrogen and oxygen atoms in total. The maximum atomic E-state index is 12.8. The summed E-state index contributed by atoms with van der Waals surface area (Å²) in [7, 11) is 0. The summed E-state index contributed by atoms with van der Waals surface area (Å²) in [5, 5.41) is 0. The SMILES string of the molecule is CC(C)(C)N1CC[C@H](c2ccc(F)cc2)C1.CC1(C)COC(=O)N1CC1(C2CCCCC2)CCN(C=O)CC1. The van der Waals surface area contributed by atoms with Gasteiger partial charge in [0.2, 0.25) is 6.41 Å². The standard InChI is InChI=1S/C18H30N2O3.C14H20FN/c1-17(2)13-23-16(22)20(17)12-18(15-6-4-3-5-7-15)8-10-19(14-21)11-9-18;1-14(2,3)16-9-8-12(10-16)11-4-6-13(15)7-5-11/h14-15H,3-13H2,1-2H3;4-7,12H,8-10H2,1-3H3/t;12-/m.0/s1. The molecule has 3 saturated heterocycles. The molecule has 4 aliphatic rings. The van der Waals surface area contributed by atoms with Crippen molar-refractivity contribution in [3.63, 3.8) is 0 Å². The van der Waals surface area contributed by atoms with E-state index in [4.69, 9.17) is 4.74 Å². The van der Waals surface area contributed by atoms with E-state index in [0.717, 1.165) is 52.0 Å². The lowest BCUT2D eigenvalue weighted by atomic mass is 9.63. The summed E-state index contributed by atoms with van der Waals surface area (Å²) in [5.74, 6) is 1.10. The maximum absolute atomic E-state index is 12.8. The van der Waals surface area contributed by atoms with Gasteiger partial charge in [-0.05, 0) is 108 Å². The predicted octanol–water partition coefficient (Wildman–Crippen LogP) is 6.45.